The maximum Gasteiger partial charge on any atom is 0.168 e. The molecule has 0 radical (unpaired) electrons. The van der Waals surface area contributed by atoms with Crippen LogP contribution >= 0.6 is 38.5 Å². The van der Waals surface area contributed by atoms with Gasteiger partial charge in [-0.2, -0.15) is 0 Å². The zero-order chi connectivity index (χ0) is 14.0. The van der Waals surface area contributed by atoms with Gasteiger partial charge in [0.15, 0.2) is 5.78 Å². The van der Waals surface area contributed by atoms with Gasteiger partial charge in [-0.3, -0.25) is 4.79 Å². The van der Waals surface area contributed by atoms with Crippen LogP contribution in [-0.4, -0.2) is 5.78 Å². The standard InChI is InChI=1S/C15H11BrFIO/c1-9-3-2-4-12(15(9)18)14(19)7-10-5-6-11(17)8-13(10)16/h2-6,8H,7H2,1H3. The van der Waals surface area contributed by atoms with Crippen LogP contribution in [-0.2, 0) is 6.42 Å². The van der Waals surface area contributed by atoms with Crippen molar-refractivity contribution in [2.45, 2.75) is 13.3 Å². The van der Waals surface area contributed by atoms with Crippen LogP contribution in [0.5, 0.6) is 0 Å². The highest BCUT2D eigenvalue weighted by Gasteiger charge is 2.13. The van der Waals surface area contributed by atoms with Crippen LogP contribution < -0.4 is 0 Å². The monoisotopic (exact) mass is 432 g/mol. The topological polar surface area (TPSA) is 17.1 Å². The molecule has 1 nitrogen and oxygen atoms in total. The van der Waals surface area contributed by atoms with Crippen molar-refractivity contribution >= 4 is 44.3 Å². The van der Waals surface area contributed by atoms with Gasteiger partial charge < -0.3 is 0 Å². The molecule has 0 heterocycles. The van der Waals surface area contributed by atoms with Crippen molar-refractivity contribution in [3.8, 4) is 0 Å². The number of aryl methyl sites for hydroxylation is 1. The molecule has 0 atom stereocenters. The van der Waals surface area contributed by atoms with Crippen molar-refractivity contribution < 1.29 is 9.18 Å². The Balaban J connectivity index is 2.28. The van der Waals surface area contributed by atoms with Gasteiger partial charge in [-0.25, -0.2) is 4.39 Å². The average Bonchev–Trinajstić information content (AvgIpc) is 2.36. The first kappa shape index (κ1) is 14.7. The molecule has 0 fully saturated rings. The second-order valence-corrected chi connectivity index (χ2v) is 6.21. The molecule has 0 bridgehead atoms. The highest BCUT2D eigenvalue weighted by Crippen LogP contribution is 2.22. The van der Waals surface area contributed by atoms with Gasteiger partial charge in [0.2, 0.25) is 0 Å². The summed E-state index contributed by atoms with van der Waals surface area (Å²) in [5, 5.41) is 0. The fraction of sp³-hybridized carbons (Fsp3) is 0.133. The fourth-order valence-electron chi connectivity index (χ4n) is 1.80. The summed E-state index contributed by atoms with van der Waals surface area (Å²) >= 11 is 5.47. The van der Waals surface area contributed by atoms with Crippen molar-refractivity contribution in [1.82, 2.24) is 0 Å². The SMILES string of the molecule is Cc1cccc(C(=O)Cc2ccc(F)cc2Br)c1I. The number of rotatable bonds is 3. The maximum absolute atomic E-state index is 13.0. The van der Waals surface area contributed by atoms with E-state index in [-0.39, 0.29) is 18.0 Å². The van der Waals surface area contributed by atoms with Gasteiger partial charge in [-0.1, -0.05) is 40.2 Å². The van der Waals surface area contributed by atoms with Crippen LogP contribution in [0.4, 0.5) is 4.39 Å². The van der Waals surface area contributed by atoms with E-state index < -0.39 is 0 Å². The Morgan fingerprint density at radius 3 is 2.74 bits per heavy atom. The molecule has 0 N–H and O–H groups in total. The summed E-state index contributed by atoms with van der Waals surface area (Å²) in [7, 11) is 0. The quantitative estimate of drug-likeness (QED) is 0.496. The van der Waals surface area contributed by atoms with E-state index in [1.165, 1.54) is 12.1 Å². The summed E-state index contributed by atoms with van der Waals surface area (Å²) in [6, 6.07) is 10.1. The Hall–Kier alpha value is -0.750. The molecule has 2 rings (SSSR count). The molecule has 0 saturated carbocycles. The van der Waals surface area contributed by atoms with Crippen molar-refractivity contribution in [3.63, 3.8) is 0 Å². The van der Waals surface area contributed by atoms with Crippen LogP contribution in [0.3, 0.4) is 0 Å². The maximum atomic E-state index is 13.0. The van der Waals surface area contributed by atoms with Crippen LogP contribution in [0.1, 0.15) is 21.5 Å². The number of hydrogen-bond donors (Lipinski definition) is 0. The lowest BCUT2D eigenvalue weighted by atomic mass is 10.0. The third-order valence-corrected chi connectivity index (χ3v) is 5.03. The highest BCUT2D eigenvalue weighted by molar-refractivity contribution is 14.1. The van der Waals surface area contributed by atoms with Gasteiger partial charge in [0.25, 0.3) is 0 Å². The van der Waals surface area contributed by atoms with Crippen molar-refractivity contribution in [2.24, 2.45) is 0 Å². The van der Waals surface area contributed by atoms with Gasteiger partial charge in [-0.05, 0) is 52.8 Å². The molecule has 0 aromatic heterocycles. The third kappa shape index (κ3) is 3.42. The molecule has 19 heavy (non-hydrogen) atoms. The summed E-state index contributed by atoms with van der Waals surface area (Å²) in [5.74, 6) is -0.270. The molecule has 4 heteroatoms. The van der Waals surface area contributed by atoms with Gasteiger partial charge in [0.05, 0.1) is 0 Å². The predicted octanol–water partition coefficient (Wildman–Crippen LogP) is 4.93. The Bertz CT molecular complexity index is 640. The fourth-order valence-corrected chi connectivity index (χ4v) is 2.95. The van der Waals surface area contributed by atoms with Gasteiger partial charge in [-0.15, -0.1) is 0 Å². The Morgan fingerprint density at radius 2 is 2.05 bits per heavy atom. The van der Waals surface area contributed by atoms with Gasteiger partial charge in [0.1, 0.15) is 5.82 Å². The van der Waals surface area contributed by atoms with Crippen LogP contribution in [0, 0.1) is 16.3 Å². The molecule has 98 valence electrons. The zero-order valence-electron chi connectivity index (χ0n) is 10.2. The molecule has 0 spiro atoms. The minimum atomic E-state index is -0.312. The van der Waals surface area contributed by atoms with E-state index in [1.807, 2.05) is 25.1 Å². The van der Waals surface area contributed by atoms with Crippen molar-refractivity contribution in [1.29, 1.82) is 0 Å². The number of halogens is 3. The van der Waals surface area contributed by atoms with E-state index in [2.05, 4.69) is 38.5 Å². The number of hydrogen-bond acceptors (Lipinski definition) is 1. The lowest BCUT2D eigenvalue weighted by Crippen LogP contribution is -2.07. The van der Waals surface area contributed by atoms with E-state index in [4.69, 9.17) is 0 Å². The van der Waals surface area contributed by atoms with E-state index >= 15 is 0 Å². The van der Waals surface area contributed by atoms with Gasteiger partial charge in [0, 0.05) is 20.0 Å². The average molecular weight is 433 g/mol. The summed E-state index contributed by atoms with van der Waals surface area (Å²) in [5.41, 5.74) is 2.60. The molecular weight excluding hydrogens is 422 g/mol. The first-order chi connectivity index (χ1) is 8.99. The molecule has 2 aromatic rings. The summed E-state index contributed by atoms with van der Waals surface area (Å²) in [6.07, 6.45) is 0.264. The minimum absolute atomic E-state index is 0.0420. The first-order valence-electron chi connectivity index (χ1n) is 5.71. The predicted molar refractivity (Wildman–Crippen MR) is 86.0 cm³/mol. The molecule has 0 unspecified atom stereocenters. The number of ketones is 1. The van der Waals surface area contributed by atoms with E-state index in [1.54, 1.807) is 6.07 Å². The number of carbonyl (C=O) groups is 1. The molecule has 0 amide bonds. The lowest BCUT2D eigenvalue weighted by molar-refractivity contribution is 0.0992. The Morgan fingerprint density at radius 1 is 1.32 bits per heavy atom. The largest absolute Gasteiger partial charge is 0.294 e. The first-order valence-corrected chi connectivity index (χ1v) is 7.58. The van der Waals surface area contributed by atoms with Crippen molar-refractivity contribution in [2.75, 3.05) is 0 Å². The van der Waals surface area contributed by atoms with E-state index in [0.717, 1.165) is 20.3 Å². The number of benzene rings is 2. The van der Waals surface area contributed by atoms with E-state index in [0.29, 0.717) is 4.47 Å². The second kappa shape index (κ2) is 6.13. The summed E-state index contributed by atoms with van der Waals surface area (Å²) < 4.78 is 14.6. The molecule has 0 aliphatic heterocycles. The van der Waals surface area contributed by atoms with Crippen LogP contribution in [0.2, 0.25) is 0 Å². The molecule has 0 aliphatic rings. The minimum Gasteiger partial charge on any atom is -0.294 e. The molecular formula is C15H11BrFIO. The smallest absolute Gasteiger partial charge is 0.168 e. The normalized spacial score (nSPS) is 10.5. The molecule has 0 aliphatic carbocycles. The highest BCUT2D eigenvalue weighted by atomic mass is 127. The third-order valence-electron chi connectivity index (χ3n) is 2.86. The second-order valence-electron chi connectivity index (χ2n) is 4.27. The Kier molecular flexibility index (Phi) is 4.73. The Labute approximate surface area is 133 Å². The van der Waals surface area contributed by atoms with Crippen molar-refractivity contribution in [3.05, 3.63) is 66.9 Å². The zero-order valence-corrected chi connectivity index (χ0v) is 14.0. The van der Waals surface area contributed by atoms with Crippen LogP contribution in [0.25, 0.3) is 0 Å². The lowest BCUT2D eigenvalue weighted by Gasteiger charge is -2.07. The van der Waals surface area contributed by atoms with Gasteiger partial charge >= 0.3 is 0 Å². The number of Topliss-reactive ketones (excluding diaryl/α,β-unsaturated/α-hetero) is 1. The number of carbonyl (C=O) groups excluding carboxylic acids is 1. The summed E-state index contributed by atoms with van der Waals surface area (Å²) in [6.45, 7) is 1.98. The van der Waals surface area contributed by atoms with E-state index in [9.17, 15) is 9.18 Å². The van der Waals surface area contributed by atoms with Crippen LogP contribution in [0.15, 0.2) is 40.9 Å². The molecule has 0 saturated heterocycles. The summed E-state index contributed by atoms with van der Waals surface area (Å²) in [4.78, 5) is 12.3. The molecule has 2 aromatic carbocycles.